The zero-order chi connectivity index (χ0) is 9.84. The molecule has 0 N–H and O–H groups in total. The van der Waals surface area contributed by atoms with Crippen LogP contribution in [0.25, 0.3) is 0 Å². The number of benzene rings is 1. The van der Waals surface area contributed by atoms with Crippen LogP contribution in [0.1, 0.15) is 17.3 Å². The van der Waals surface area contributed by atoms with Gasteiger partial charge in [0.2, 0.25) is 5.12 Å². The average molecular weight is 196 g/mol. The first-order valence-electron chi connectivity index (χ1n) is 3.62. The smallest absolute Gasteiger partial charge is 0.308 e. The van der Waals surface area contributed by atoms with E-state index in [0.29, 0.717) is 5.56 Å². The van der Waals surface area contributed by atoms with Crippen molar-refractivity contribution in [2.75, 3.05) is 0 Å². The van der Waals surface area contributed by atoms with Crippen LogP contribution in [0.4, 0.5) is 0 Å². The highest BCUT2D eigenvalue weighted by Crippen LogP contribution is 2.19. The highest BCUT2D eigenvalue weighted by atomic mass is 32.1. The third-order valence-corrected chi connectivity index (χ3v) is 1.61. The second-order valence-electron chi connectivity index (χ2n) is 2.39. The third kappa shape index (κ3) is 2.59. The molecule has 0 amide bonds. The number of hydrogen-bond acceptors (Lipinski definition) is 3. The van der Waals surface area contributed by atoms with Gasteiger partial charge in [0, 0.05) is 6.92 Å². The van der Waals surface area contributed by atoms with Crippen LogP contribution in [0.2, 0.25) is 0 Å². The number of esters is 1. The zero-order valence-corrected chi connectivity index (χ0v) is 7.88. The molecule has 1 aromatic carbocycles. The van der Waals surface area contributed by atoms with E-state index in [9.17, 15) is 9.59 Å². The molecule has 0 spiro atoms. The number of rotatable bonds is 2. The van der Waals surface area contributed by atoms with Gasteiger partial charge >= 0.3 is 5.97 Å². The first-order valence-corrected chi connectivity index (χ1v) is 4.06. The molecule has 0 aromatic heterocycles. The molecule has 0 unspecified atom stereocenters. The fourth-order valence-electron chi connectivity index (χ4n) is 0.887. The Kier molecular flexibility index (Phi) is 3.08. The maximum atomic E-state index is 10.9. The minimum atomic E-state index is -0.456. The minimum absolute atomic E-state index is 0.245. The van der Waals surface area contributed by atoms with E-state index in [0.717, 1.165) is 0 Å². The van der Waals surface area contributed by atoms with Gasteiger partial charge in [-0.15, -0.1) is 12.6 Å². The molecular formula is C9H8O3S. The van der Waals surface area contributed by atoms with E-state index in [-0.39, 0.29) is 5.75 Å². The zero-order valence-electron chi connectivity index (χ0n) is 6.98. The van der Waals surface area contributed by atoms with Crippen molar-refractivity contribution in [3.05, 3.63) is 29.8 Å². The molecular weight excluding hydrogens is 188 g/mol. The van der Waals surface area contributed by atoms with Crippen molar-refractivity contribution in [2.24, 2.45) is 0 Å². The van der Waals surface area contributed by atoms with Crippen molar-refractivity contribution < 1.29 is 14.3 Å². The Labute approximate surface area is 81.1 Å². The molecule has 3 nitrogen and oxygen atoms in total. The van der Waals surface area contributed by atoms with Gasteiger partial charge in [-0.25, -0.2) is 0 Å². The van der Waals surface area contributed by atoms with E-state index in [1.54, 1.807) is 24.3 Å². The number of carbonyl (C=O) groups is 2. The number of thiol groups is 1. The minimum Gasteiger partial charge on any atom is -0.426 e. The molecule has 0 fully saturated rings. The van der Waals surface area contributed by atoms with Crippen molar-refractivity contribution in [1.29, 1.82) is 0 Å². The van der Waals surface area contributed by atoms with Gasteiger partial charge in [-0.2, -0.15) is 0 Å². The van der Waals surface area contributed by atoms with Crippen molar-refractivity contribution in [1.82, 2.24) is 0 Å². The first kappa shape index (κ1) is 9.80. The summed E-state index contributed by atoms with van der Waals surface area (Å²) in [5, 5.41) is -0.420. The van der Waals surface area contributed by atoms with E-state index < -0.39 is 11.1 Å². The van der Waals surface area contributed by atoms with Gasteiger partial charge in [0.15, 0.2) is 0 Å². The Hall–Kier alpha value is -1.29. The van der Waals surface area contributed by atoms with Crippen LogP contribution in [0.3, 0.4) is 0 Å². The Morgan fingerprint density at radius 2 is 1.92 bits per heavy atom. The lowest BCUT2D eigenvalue weighted by Gasteiger charge is -2.04. The third-order valence-electron chi connectivity index (χ3n) is 1.37. The van der Waals surface area contributed by atoms with Gasteiger partial charge in [-0.3, -0.25) is 9.59 Å². The Balaban J connectivity index is 3.04. The van der Waals surface area contributed by atoms with Crippen LogP contribution in [-0.2, 0) is 4.79 Å². The lowest BCUT2D eigenvalue weighted by molar-refractivity contribution is -0.131. The average Bonchev–Trinajstić information content (AvgIpc) is 2.03. The highest BCUT2D eigenvalue weighted by molar-refractivity contribution is 7.97. The fourth-order valence-corrected chi connectivity index (χ4v) is 1.07. The van der Waals surface area contributed by atoms with Gasteiger partial charge in [0.05, 0.1) is 5.56 Å². The number of para-hydroxylation sites is 1. The largest absolute Gasteiger partial charge is 0.426 e. The summed E-state index contributed by atoms with van der Waals surface area (Å²) in [6, 6.07) is 6.45. The molecule has 0 aliphatic rings. The Bertz CT molecular complexity index is 346. The molecule has 1 rings (SSSR count). The topological polar surface area (TPSA) is 43.4 Å². The summed E-state index contributed by atoms with van der Waals surface area (Å²) in [6.07, 6.45) is 0. The highest BCUT2D eigenvalue weighted by Gasteiger charge is 2.09. The lowest BCUT2D eigenvalue weighted by Crippen LogP contribution is -2.04. The fraction of sp³-hybridized carbons (Fsp3) is 0.111. The second-order valence-corrected chi connectivity index (χ2v) is 2.80. The van der Waals surface area contributed by atoms with Gasteiger partial charge in [-0.1, -0.05) is 12.1 Å². The van der Waals surface area contributed by atoms with Crippen LogP contribution >= 0.6 is 12.6 Å². The summed E-state index contributed by atoms with van der Waals surface area (Å²) in [4.78, 5) is 21.6. The first-order chi connectivity index (χ1) is 6.11. The van der Waals surface area contributed by atoms with Gasteiger partial charge < -0.3 is 4.74 Å². The SMILES string of the molecule is CC(=O)Oc1ccccc1C(=O)S. The molecule has 68 valence electrons. The quantitative estimate of drug-likeness (QED) is 0.444. The summed E-state index contributed by atoms with van der Waals surface area (Å²) in [6.45, 7) is 1.28. The summed E-state index contributed by atoms with van der Waals surface area (Å²) < 4.78 is 4.80. The molecule has 0 saturated carbocycles. The summed E-state index contributed by atoms with van der Waals surface area (Å²) in [5.74, 6) is -0.211. The van der Waals surface area contributed by atoms with Crippen molar-refractivity contribution in [3.63, 3.8) is 0 Å². The van der Waals surface area contributed by atoms with Crippen molar-refractivity contribution >= 4 is 23.7 Å². The number of hydrogen-bond donors (Lipinski definition) is 1. The molecule has 0 saturated heterocycles. The predicted molar refractivity (Wildman–Crippen MR) is 51.1 cm³/mol. The monoisotopic (exact) mass is 196 g/mol. The van der Waals surface area contributed by atoms with Crippen molar-refractivity contribution in [3.8, 4) is 5.75 Å². The molecule has 4 heteroatoms. The maximum Gasteiger partial charge on any atom is 0.308 e. The van der Waals surface area contributed by atoms with E-state index in [1.807, 2.05) is 0 Å². The lowest BCUT2D eigenvalue weighted by atomic mass is 10.2. The molecule has 0 heterocycles. The summed E-state index contributed by atoms with van der Waals surface area (Å²) in [7, 11) is 0. The molecule has 0 aliphatic carbocycles. The second kappa shape index (κ2) is 4.09. The van der Waals surface area contributed by atoms with Gasteiger partial charge in [0.25, 0.3) is 0 Å². The summed E-state index contributed by atoms with van der Waals surface area (Å²) >= 11 is 3.65. The molecule has 1 aromatic rings. The van der Waals surface area contributed by atoms with E-state index in [4.69, 9.17) is 4.74 Å². The van der Waals surface area contributed by atoms with Crippen molar-refractivity contribution in [2.45, 2.75) is 6.92 Å². The van der Waals surface area contributed by atoms with Crippen LogP contribution < -0.4 is 4.74 Å². The molecule has 13 heavy (non-hydrogen) atoms. The Morgan fingerprint density at radius 1 is 1.31 bits per heavy atom. The number of ether oxygens (including phenoxy) is 1. The van der Waals surface area contributed by atoms with Crippen LogP contribution in [0, 0.1) is 0 Å². The van der Waals surface area contributed by atoms with E-state index in [2.05, 4.69) is 12.6 Å². The van der Waals surface area contributed by atoms with Crippen LogP contribution in [0.5, 0.6) is 5.75 Å². The van der Waals surface area contributed by atoms with Gasteiger partial charge in [-0.05, 0) is 12.1 Å². The molecule has 0 bridgehead atoms. The number of carbonyl (C=O) groups excluding carboxylic acids is 2. The molecule has 0 aliphatic heterocycles. The standard InChI is InChI=1S/C9H8O3S/c1-6(10)12-8-5-3-2-4-7(8)9(11)13/h2-5H,1H3,(H,11,13). The Morgan fingerprint density at radius 3 is 2.46 bits per heavy atom. The van der Waals surface area contributed by atoms with Crippen LogP contribution in [-0.4, -0.2) is 11.1 Å². The predicted octanol–water partition coefficient (Wildman–Crippen LogP) is 1.68. The van der Waals surface area contributed by atoms with E-state index in [1.165, 1.54) is 6.92 Å². The van der Waals surface area contributed by atoms with Crippen LogP contribution in [0.15, 0.2) is 24.3 Å². The van der Waals surface area contributed by atoms with Gasteiger partial charge in [0.1, 0.15) is 5.75 Å². The summed E-state index contributed by atoms with van der Waals surface area (Å²) in [5.41, 5.74) is 0.293. The maximum absolute atomic E-state index is 10.9. The molecule has 0 atom stereocenters. The molecule has 0 radical (unpaired) electrons. The normalized spacial score (nSPS) is 9.38. The van der Waals surface area contributed by atoms with E-state index >= 15 is 0 Å².